The molecule has 0 aromatic heterocycles. The van der Waals surface area contributed by atoms with E-state index in [0.717, 1.165) is 11.3 Å². The van der Waals surface area contributed by atoms with Crippen LogP contribution in [0.25, 0.3) is 0 Å². The van der Waals surface area contributed by atoms with Gasteiger partial charge in [0.15, 0.2) is 0 Å². The number of anilines is 1. The van der Waals surface area contributed by atoms with Crippen LogP contribution in [0.1, 0.15) is 18.9 Å². The van der Waals surface area contributed by atoms with Crippen molar-refractivity contribution in [3.63, 3.8) is 0 Å². The number of carbonyl (C=O) groups excluding carboxylic acids is 1. The number of ether oxygens (including phenoxy) is 1. The number of para-hydroxylation sites is 1. The van der Waals surface area contributed by atoms with Gasteiger partial charge in [-0.1, -0.05) is 35.9 Å². The Balaban J connectivity index is 2.15. The van der Waals surface area contributed by atoms with E-state index < -0.39 is 16.2 Å². The molecule has 2 rings (SSSR count). The Morgan fingerprint density at radius 2 is 1.69 bits per heavy atom. The molecule has 0 aliphatic rings. The summed E-state index contributed by atoms with van der Waals surface area (Å²) in [5, 5.41) is 1.22. The molecule has 7 nitrogen and oxygen atoms in total. The Hall–Kier alpha value is -1.91. The van der Waals surface area contributed by atoms with E-state index in [9.17, 15) is 13.2 Å². The summed E-state index contributed by atoms with van der Waals surface area (Å²) in [5.74, 6) is 0.542. The number of carbonyl (C=O) groups is 1. The van der Waals surface area contributed by atoms with Crippen molar-refractivity contribution in [3.8, 4) is 0 Å². The molecule has 0 saturated carbocycles. The van der Waals surface area contributed by atoms with Gasteiger partial charge in [0.25, 0.3) is 16.0 Å². The monoisotopic (exact) mass is 482 g/mol. The van der Waals surface area contributed by atoms with Crippen LogP contribution in [-0.2, 0) is 39.6 Å². The van der Waals surface area contributed by atoms with E-state index >= 15 is 0 Å². The van der Waals surface area contributed by atoms with E-state index in [-0.39, 0.29) is 34.9 Å². The maximum Gasteiger partial charge on any atom is 0.297 e. The first kappa shape index (κ1) is 26.3. The molecular formula is C23H32NO6S2+. The molecule has 1 atom stereocenters. The Labute approximate surface area is 194 Å². The van der Waals surface area contributed by atoms with Gasteiger partial charge in [-0.25, -0.2) is 0 Å². The zero-order valence-electron chi connectivity index (χ0n) is 19.0. The van der Waals surface area contributed by atoms with Crippen LogP contribution >= 0.6 is 0 Å². The van der Waals surface area contributed by atoms with Crippen LogP contribution in [0.3, 0.4) is 0 Å². The molecule has 0 aliphatic heterocycles. The molecule has 0 fully saturated rings. The molecule has 32 heavy (non-hydrogen) atoms. The topological polar surface area (TPSA) is 82.1 Å². The molecule has 9 heteroatoms. The summed E-state index contributed by atoms with van der Waals surface area (Å²) in [7, 11) is -3.91. The Kier molecular flexibility index (Phi) is 10.7. The third kappa shape index (κ3) is 8.55. The van der Waals surface area contributed by atoms with Crippen LogP contribution in [0, 0.1) is 6.92 Å². The van der Waals surface area contributed by atoms with Gasteiger partial charge >= 0.3 is 0 Å². The molecule has 0 bridgehead atoms. The van der Waals surface area contributed by atoms with Gasteiger partial charge in [0, 0.05) is 6.61 Å². The maximum atomic E-state index is 12.8. The molecule has 176 valence electrons. The fourth-order valence-corrected chi connectivity index (χ4v) is 4.33. The number of rotatable bonds is 13. The first-order chi connectivity index (χ1) is 15.2. The van der Waals surface area contributed by atoms with Gasteiger partial charge in [-0.3, -0.25) is 13.8 Å². The van der Waals surface area contributed by atoms with Crippen molar-refractivity contribution in [1.29, 1.82) is 0 Å². The van der Waals surface area contributed by atoms with E-state index in [0.29, 0.717) is 18.7 Å². The van der Waals surface area contributed by atoms with Gasteiger partial charge in [0.2, 0.25) is 0 Å². The average Bonchev–Trinajstić information content (AvgIpc) is 2.76. The van der Waals surface area contributed by atoms with Gasteiger partial charge in [0.1, 0.15) is 18.5 Å². The van der Waals surface area contributed by atoms with E-state index in [1.54, 1.807) is 43.3 Å². The van der Waals surface area contributed by atoms with Crippen molar-refractivity contribution in [2.24, 2.45) is 0 Å². The summed E-state index contributed by atoms with van der Waals surface area (Å²) in [6.07, 6.45) is 3.54. The van der Waals surface area contributed by atoms with Gasteiger partial charge < -0.3 is 4.74 Å². The number of hydrogen-bond acceptors (Lipinski definition) is 6. The van der Waals surface area contributed by atoms with Crippen LogP contribution in [0.4, 0.5) is 5.69 Å². The summed E-state index contributed by atoms with van der Waals surface area (Å²) in [4.78, 5) is 18.7. The molecule has 0 N–H and O–H groups in total. The third-order valence-corrected chi connectivity index (χ3v) is 6.81. The SMILES string of the molecule is CCOCC(CON(C(=O)CC[S+](C)C)c1ccccc1)OS(=O)(=O)c1ccc(C)cc1. The van der Waals surface area contributed by atoms with Gasteiger partial charge in [-0.2, -0.15) is 13.5 Å². The molecule has 0 spiro atoms. The molecule has 0 aliphatic carbocycles. The number of hydrogen-bond donors (Lipinski definition) is 0. The second kappa shape index (κ2) is 13.0. The van der Waals surface area contributed by atoms with Crippen LogP contribution in [-0.4, -0.2) is 58.5 Å². The zero-order valence-corrected chi connectivity index (χ0v) is 20.7. The van der Waals surface area contributed by atoms with Gasteiger partial charge in [0.05, 0.1) is 36.1 Å². The lowest BCUT2D eigenvalue weighted by molar-refractivity contribution is -0.127. The summed E-state index contributed by atoms with van der Waals surface area (Å²) in [6.45, 7) is 3.90. The highest BCUT2D eigenvalue weighted by molar-refractivity contribution is 7.95. The fourth-order valence-electron chi connectivity index (χ4n) is 2.70. The normalized spacial score (nSPS) is 12.7. The molecule has 2 aromatic rings. The molecule has 0 heterocycles. The number of amides is 1. The summed E-state index contributed by atoms with van der Waals surface area (Å²) in [5.41, 5.74) is 1.51. The van der Waals surface area contributed by atoms with Crippen LogP contribution in [0.2, 0.25) is 0 Å². The highest BCUT2D eigenvalue weighted by Crippen LogP contribution is 2.19. The van der Waals surface area contributed by atoms with E-state index in [1.165, 1.54) is 17.2 Å². The van der Waals surface area contributed by atoms with Crippen molar-refractivity contribution >= 4 is 32.6 Å². The summed E-state index contributed by atoms with van der Waals surface area (Å²) >= 11 is 0. The molecule has 1 unspecified atom stereocenters. The highest BCUT2D eigenvalue weighted by atomic mass is 32.2. The van der Waals surface area contributed by atoms with Crippen molar-refractivity contribution in [1.82, 2.24) is 0 Å². The summed E-state index contributed by atoms with van der Waals surface area (Å²) in [6, 6.07) is 15.4. The molecule has 1 amide bonds. The first-order valence-electron chi connectivity index (χ1n) is 10.4. The van der Waals surface area contributed by atoms with E-state index in [2.05, 4.69) is 12.5 Å². The zero-order chi connectivity index (χ0) is 23.6. The quantitative estimate of drug-likeness (QED) is 0.247. The van der Waals surface area contributed by atoms with Crippen molar-refractivity contribution in [2.75, 3.05) is 43.1 Å². The van der Waals surface area contributed by atoms with Crippen molar-refractivity contribution < 1.29 is 27.0 Å². The van der Waals surface area contributed by atoms with Gasteiger partial charge in [-0.05, 0) is 49.0 Å². The van der Waals surface area contributed by atoms with E-state index in [1.807, 2.05) is 13.0 Å². The van der Waals surface area contributed by atoms with Crippen LogP contribution in [0.5, 0.6) is 0 Å². The second-order valence-electron chi connectivity index (χ2n) is 7.40. The van der Waals surface area contributed by atoms with Crippen molar-refractivity contribution in [2.45, 2.75) is 31.3 Å². The fraction of sp³-hybridized carbons (Fsp3) is 0.435. The Bertz CT molecular complexity index is 933. The Morgan fingerprint density at radius 1 is 1.03 bits per heavy atom. The lowest BCUT2D eigenvalue weighted by Gasteiger charge is -2.25. The number of hydroxylamine groups is 1. The Morgan fingerprint density at radius 3 is 2.28 bits per heavy atom. The van der Waals surface area contributed by atoms with Gasteiger partial charge in [-0.15, -0.1) is 0 Å². The average molecular weight is 483 g/mol. The minimum Gasteiger partial charge on any atom is -0.379 e. The molecular weight excluding hydrogens is 450 g/mol. The van der Waals surface area contributed by atoms with E-state index in [4.69, 9.17) is 13.8 Å². The largest absolute Gasteiger partial charge is 0.379 e. The molecule has 0 saturated heterocycles. The predicted octanol–water partition coefficient (Wildman–Crippen LogP) is 3.34. The number of benzene rings is 2. The first-order valence-corrected chi connectivity index (χ1v) is 14.0. The molecule has 2 aromatic carbocycles. The van der Waals surface area contributed by atoms with Crippen LogP contribution in [0.15, 0.2) is 59.5 Å². The number of aryl methyl sites for hydroxylation is 1. The smallest absolute Gasteiger partial charge is 0.297 e. The minimum absolute atomic E-state index is 0.00574. The minimum atomic E-state index is -4.02. The van der Waals surface area contributed by atoms with Crippen molar-refractivity contribution in [3.05, 3.63) is 60.2 Å². The number of nitrogens with zero attached hydrogens (tertiary/aromatic N) is 1. The predicted molar refractivity (Wildman–Crippen MR) is 128 cm³/mol. The summed E-state index contributed by atoms with van der Waals surface area (Å²) < 4.78 is 36.3. The second-order valence-corrected chi connectivity index (χ2v) is 11.4. The standard InChI is InChI=1S/C23H32NO6S2/c1-5-28-17-21(30-32(26,27)22-13-11-19(2)12-14-22)18-29-24(20-9-7-6-8-10-20)23(25)15-16-31(3)4/h6-14,21H,5,15-18H2,1-4H3/q+1. The lowest BCUT2D eigenvalue weighted by Crippen LogP contribution is -2.37. The lowest BCUT2D eigenvalue weighted by atomic mass is 10.2. The third-order valence-electron chi connectivity index (χ3n) is 4.41. The maximum absolute atomic E-state index is 12.8. The highest BCUT2D eigenvalue weighted by Gasteiger charge is 2.26. The molecule has 0 radical (unpaired) electrons. The van der Waals surface area contributed by atoms with Crippen LogP contribution < -0.4 is 5.06 Å².